The summed E-state index contributed by atoms with van der Waals surface area (Å²) in [6, 6.07) is 6.86. The average Bonchev–Trinajstić information content (AvgIpc) is 2.85. The normalized spacial score (nSPS) is 18.3. The zero-order valence-electron chi connectivity index (χ0n) is 12.7. The highest BCUT2D eigenvalue weighted by molar-refractivity contribution is 9.10. The minimum atomic E-state index is -3.42. The Hall–Kier alpha value is -0.390. The van der Waals surface area contributed by atoms with Gasteiger partial charge in [0.15, 0.2) is 0 Å². The SMILES string of the molecule is CC(C)CC1(CNS(=O)(=O)c2cccc(Br)c2)CCCC1. The molecule has 1 N–H and O–H groups in total. The van der Waals surface area contributed by atoms with Crippen LogP contribution in [0.25, 0.3) is 0 Å². The molecule has 1 saturated carbocycles. The maximum Gasteiger partial charge on any atom is 0.240 e. The van der Waals surface area contributed by atoms with E-state index in [1.165, 1.54) is 12.8 Å². The summed E-state index contributed by atoms with van der Waals surface area (Å²) in [5.74, 6) is 0.596. The molecule has 1 aliphatic carbocycles. The van der Waals surface area contributed by atoms with Crippen molar-refractivity contribution in [1.29, 1.82) is 0 Å². The molecule has 0 radical (unpaired) electrons. The first-order valence-corrected chi connectivity index (χ1v) is 9.86. The minimum Gasteiger partial charge on any atom is -0.211 e. The van der Waals surface area contributed by atoms with Crippen LogP contribution in [0.5, 0.6) is 0 Å². The predicted molar refractivity (Wildman–Crippen MR) is 89.7 cm³/mol. The van der Waals surface area contributed by atoms with Gasteiger partial charge in [0.1, 0.15) is 0 Å². The van der Waals surface area contributed by atoms with Crippen LogP contribution in [0.1, 0.15) is 46.0 Å². The Balaban J connectivity index is 2.10. The van der Waals surface area contributed by atoms with Gasteiger partial charge in [-0.25, -0.2) is 13.1 Å². The zero-order chi connectivity index (χ0) is 15.5. The van der Waals surface area contributed by atoms with Crippen molar-refractivity contribution in [2.24, 2.45) is 11.3 Å². The Bertz CT molecular complexity index is 578. The summed E-state index contributed by atoms with van der Waals surface area (Å²) in [4.78, 5) is 0.328. The highest BCUT2D eigenvalue weighted by Gasteiger charge is 2.35. The molecule has 0 saturated heterocycles. The van der Waals surface area contributed by atoms with Gasteiger partial charge < -0.3 is 0 Å². The van der Waals surface area contributed by atoms with Crippen LogP contribution < -0.4 is 4.72 Å². The topological polar surface area (TPSA) is 46.2 Å². The summed E-state index contributed by atoms with van der Waals surface area (Å²) in [6.07, 6.45) is 5.78. The van der Waals surface area contributed by atoms with Gasteiger partial charge in [-0.1, -0.05) is 48.7 Å². The quantitative estimate of drug-likeness (QED) is 0.806. The molecule has 0 amide bonds. The molecule has 118 valence electrons. The standard InChI is InChI=1S/C16H24BrNO2S/c1-13(2)11-16(8-3-4-9-16)12-18-21(19,20)15-7-5-6-14(17)10-15/h5-7,10,13,18H,3-4,8-9,11-12H2,1-2H3. The lowest BCUT2D eigenvalue weighted by Crippen LogP contribution is -2.36. The van der Waals surface area contributed by atoms with E-state index in [1.807, 2.05) is 6.07 Å². The Kier molecular flexibility index (Phi) is 5.49. The predicted octanol–water partition coefficient (Wildman–Crippen LogP) is 4.33. The van der Waals surface area contributed by atoms with Crippen molar-refractivity contribution in [1.82, 2.24) is 4.72 Å². The third-order valence-electron chi connectivity index (χ3n) is 4.25. The third-order valence-corrected chi connectivity index (χ3v) is 6.14. The highest BCUT2D eigenvalue weighted by Crippen LogP contribution is 2.42. The van der Waals surface area contributed by atoms with E-state index in [1.54, 1.807) is 18.2 Å². The van der Waals surface area contributed by atoms with E-state index in [9.17, 15) is 8.42 Å². The number of hydrogen-bond acceptors (Lipinski definition) is 2. The second-order valence-corrected chi connectivity index (χ2v) is 9.27. The Morgan fingerprint density at radius 2 is 1.95 bits per heavy atom. The van der Waals surface area contributed by atoms with Crippen LogP contribution in [0.3, 0.4) is 0 Å². The number of benzene rings is 1. The van der Waals surface area contributed by atoms with Crippen LogP contribution in [-0.2, 0) is 10.0 Å². The summed E-state index contributed by atoms with van der Waals surface area (Å²) in [5.41, 5.74) is 0.146. The summed E-state index contributed by atoms with van der Waals surface area (Å²) < 4.78 is 28.5. The van der Waals surface area contributed by atoms with Crippen molar-refractivity contribution >= 4 is 26.0 Å². The molecule has 0 bridgehead atoms. The lowest BCUT2D eigenvalue weighted by Gasteiger charge is -2.31. The monoisotopic (exact) mass is 373 g/mol. The number of halogens is 1. The van der Waals surface area contributed by atoms with Gasteiger partial charge in [-0.3, -0.25) is 0 Å². The first-order chi connectivity index (χ1) is 9.83. The fourth-order valence-corrected chi connectivity index (χ4v) is 5.16. The summed E-state index contributed by atoms with van der Waals surface area (Å²) >= 11 is 3.32. The second-order valence-electron chi connectivity index (χ2n) is 6.59. The van der Waals surface area contributed by atoms with Crippen molar-refractivity contribution in [3.63, 3.8) is 0 Å². The molecule has 1 aromatic rings. The maximum absolute atomic E-state index is 12.4. The largest absolute Gasteiger partial charge is 0.240 e. The third kappa shape index (κ3) is 4.54. The molecule has 0 atom stereocenters. The number of sulfonamides is 1. The van der Waals surface area contributed by atoms with Crippen LogP contribution in [0.2, 0.25) is 0 Å². The Morgan fingerprint density at radius 1 is 1.29 bits per heavy atom. The molecule has 1 aliphatic rings. The van der Waals surface area contributed by atoms with E-state index >= 15 is 0 Å². The number of nitrogens with one attached hydrogen (secondary N) is 1. The molecule has 0 aliphatic heterocycles. The van der Waals surface area contributed by atoms with Crippen LogP contribution in [0, 0.1) is 11.3 Å². The molecule has 0 heterocycles. The van der Waals surface area contributed by atoms with Crippen LogP contribution in [0.15, 0.2) is 33.6 Å². The van der Waals surface area contributed by atoms with Gasteiger partial charge in [-0.15, -0.1) is 0 Å². The number of rotatable bonds is 6. The lowest BCUT2D eigenvalue weighted by atomic mass is 9.79. The summed E-state index contributed by atoms with van der Waals surface area (Å²) in [7, 11) is -3.42. The first-order valence-electron chi connectivity index (χ1n) is 7.58. The van der Waals surface area contributed by atoms with E-state index in [-0.39, 0.29) is 5.41 Å². The molecule has 1 aromatic carbocycles. The first kappa shape index (κ1) is 17.0. The molecule has 2 rings (SSSR count). The molecular formula is C16H24BrNO2S. The van der Waals surface area contributed by atoms with E-state index in [0.717, 1.165) is 23.7 Å². The van der Waals surface area contributed by atoms with Crippen LogP contribution in [-0.4, -0.2) is 15.0 Å². The second kappa shape index (κ2) is 6.80. The van der Waals surface area contributed by atoms with Gasteiger partial charge in [0, 0.05) is 11.0 Å². The fourth-order valence-electron chi connectivity index (χ4n) is 3.41. The van der Waals surface area contributed by atoms with Crippen molar-refractivity contribution in [2.45, 2.75) is 50.8 Å². The molecule has 0 spiro atoms. The maximum atomic E-state index is 12.4. The van der Waals surface area contributed by atoms with Crippen LogP contribution in [0.4, 0.5) is 0 Å². The Morgan fingerprint density at radius 3 is 2.52 bits per heavy atom. The van der Waals surface area contributed by atoms with Crippen molar-refractivity contribution in [3.8, 4) is 0 Å². The van der Waals surface area contributed by atoms with Gasteiger partial charge in [0.25, 0.3) is 0 Å². The van der Waals surface area contributed by atoms with Gasteiger partial charge in [0.05, 0.1) is 4.90 Å². The van der Waals surface area contributed by atoms with E-state index in [0.29, 0.717) is 17.4 Å². The molecule has 3 nitrogen and oxygen atoms in total. The van der Waals surface area contributed by atoms with Gasteiger partial charge in [-0.05, 0) is 48.8 Å². The Labute approximate surface area is 136 Å². The molecular weight excluding hydrogens is 350 g/mol. The van der Waals surface area contributed by atoms with Crippen LogP contribution >= 0.6 is 15.9 Å². The van der Waals surface area contributed by atoms with Crippen molar-refractivity contribution < 1.29 is 8.42 Å². The van der Waals surface area contributed by atoms with E-state index in [4.69, 9.17) is 0 Å². The van der Waals surface area contributed by atoms with Crippen molar-refractivity contribution in [3.05, 3.63) is 28.7 Å². The number of hydrogen-bond donors (Lipinski definition) is 1. The molecule has 5 heteroatoms. The smallest absolute Gasteiger partial charge is 0.211 e. The molecule has 0 unspecified atom stereocenters. The lowest BCUT2D eigenvalue weighted by molar-refractivity contribution is 0.236. The van der Waals surface area contributed by atoms with Crippen molar-refractivity contribution in [2.75, 3.05) is 6.54 Å². The van der Waals surface area contributed by atoms with E-state index in [2.05, 4.69) is 34.5 Å². The van der Waals surface area contributed by atoms with Gasteiger partial charge in [-0.2, -0.15) is 0 Å². The minimum absolute atomic E-state index is 0.146. The molecule has 1 fully saturated rings. The summed E-state index contributed by atoms with van der Waals surface area (Å²) in [5, 5.41) is 0. The summed E-state index contributed by atoms with van der Waals surface area (Å²) in [6.45, 7) is 4.98. The zero-order valence-corrected chi connectivity index (χ0v) is 15.1. The fraction of sp³-hybridized carbons (Fsp3) is 0.625. The van der Waals surface area contributed by atoms with Gasteiger partial charge in [0.2, 0.25) is 10.0 Å². The van der Waals surface area contributed by atoms with E-state index < -0.39 is 10.0 Å². The average molecular weight is 374 g/mol. The van der Waals surface area contributed by atoms with Gasteiger partial charge >= 0.3 is 0 Å². The highest BCUT2D eigenvalue weighted by atomic mass is 79.9. The molecule has 0 aromatic heterocycles. The molecule has 21 heavy (non-hydrogen) atoms.